The first-order chi connectivity index (χ1) is 15.5. The Hall–Kier alpha value is -2.73. The average molecular weight is 439 g/mol. The summed E-state index contributed by atoms with van der Waals surface area (Å²) in [5.41, 5.74) is 5.29. The molecule has 6 nitrogen and oxygen atoms in total. The number of rotatable bonds is 8. The summed E-state index contributed by atoms with van der Waals surface area (Å²) in [5, 5.41) is 0. The molecule has 0 fully saturated rings. The summed E-state index contributed by atoms with van der Waals surface area (Å²) in [5.74, 6) is 3.19. The summed E-state index contributed by atoms with van der Waals surface area (Å²) in [7, 11) is 7.15. The van der Waals surface area contributed by atoms with Crippen LogP contribution in [0.1, 0.15) is 34.6 Å². The fourth-order valence-corrected chi connectivity index (χ4v) is 4.89. The van der Waals surface area contributed by atoms with Crippen molar-refractivity contribution in [1.82, 2.24) is 9.80 Å². The number of fused-ring (bicyclic) bond motifs is 2. The van der Waals surface area contributed by atoms with Crippen LogP contribution in [0.3, 0.4) is 0 Å². The van der Waals surface area contributed by atoms with E-state index in [1.54, 1.807) is 21.3 Å². The molecule has 0 unspecified atom stereocenters. The number of carbonyl (C=O) groups is 1. The van der Waals surface area contributed by atoms with Crippen molar-refractivity contribution in [2.75, 3.05) is 54.6 Å². The second kappa shape index (κ2) is 9.82. The van der Waals surface area contributed by atoms with E-state index in [1.165, 1.54) is 22.3 Å². The number of hydrogen-bond donors (Lipinski definition) is 0. The van der Waals surface area contributed by atoms with Crippen molar-refractivity contribution >= 4 is 5.91 Å². The van der Waals surface area contributed by atoms with E-state index in [0.717, 1.165) is 62.7 Å². The minimum atomic E-state index is 0.247. The van der Waals surface area contributed by atoms with Crippen LogP contribution in [-0.2, 0) is 24.1 Å². The molecule has 1 aliphatic carbocycles. The van der Waals surface area contributed by atoms with Gasteiger partial charge in [-0.2, -0.15) is 0 Å². The standard InChI is InChI=1S/C26H34N2O4/c1-27(17-21-13-20-15-24(31-3)25(32-4)16-23(20)21)10-9-26(29)28-11-7-18-5-6-22(30-2)14-19(18)8-12-28/h5-6,14-16,21H,7-13,17H2,1-4H3/t21-/m0/s1. The minimum absolute atomic E-state index is 0.247. The molecule has 0 saturated heterocycles. The molecular weight excluding hydrogens is 404 g/mol. The predicted octanol–water partition coefficient (Wildman–Crippen LogP) is 3.30. The maximum atomic E-state index is 12.9. The highest BCUT2D eigenvalue weighted by atomic mass is 16.5. The lowest BCUT2D eigenvalue weighted by Gasteiger charge is -2.34. The van der Waals surface area contributed by atoms with Crippen molar-refractivity contribution in [1.29, 1.82) is 0 Å². The lowest BCUT2D eigenvalue weighted by atomic mass is 9.77. The Morgan fingerprint density at radius 2 is 1.69 bits per heavy atom. The zero-order valence-corrected chi connectivity index (χ0v) is 19.6. The summed E-state index contributed by atoms with van der Waals surface area (Å²) >= 11 is 0. The Morgan fingerprint density at radius 1 is 0.969 bits per heavy atom. The maximum Gasteiger partial charge on any atom is 0.223 e. The highest BCUT2D eigenvalue weighted by Crippen LogP contribution is 2.42. The third-order valence-electron chi connectivity index (χ3n) is 6.86. The van der Waals surface area contributed by atoms with E-state index >= 15 is 0 Å². The van der Waals surface area contributed by atoms with Crippen molar-refractivity contribution < 1.29 is 19.0 Å². The van der Waals surface area contributed by atoms with E-state index in [-0.39, 0.29) is 5.91 Å². The Labute approximate surface area is 191 Å². The number of benzene rings is 2. The molecule has 0 saturated carbocycles. The van der Waals surface area contributed by atoms with Crippen LogP contribution in [0.2, 0.25) is 0 Å². The van der Waals surface area contributed by atoms with Gasteiger partial charge in [0.2, 0.25) is 5.91 Å². The monoisotopic (exact) mass is 438 g/mol. The van der Waals surface area contributed by atoms with Crippen molar-refractivity contribution in [3.63, 3.8) is 0 Å². The van der Waals surface area contributed by atoms with Crippen LogP contribution in [0.15, 0.2) is 30.3 Å². The molecule has 0 radical (unpaired) electrons. The minimum Gasteiger partial charge on any atom is -0.497 e. The topological polar surface area (TPSA) is 51.2 Å². The molecule has 0 N–H and O–H groups in total. The normalized spacial score (nSPS) is 17.2. The van der Waals surface area contributed by atoms with E-state index in [1.807, 2.05) is 11.0 Å². The maximum absolute atomic E-state index is 12.9. The lowest BCUT2D eigenvalue weighted by Crippen LogP contribution is -2.37. The summed E-state index contributed by atoms with van der Waals surface area (Å²) in [6.07, 6.45) is 3.40. The molecule has 6 heteroatoms. The number of likely N-dealkylation sites (N-methyl/N-ethyl adjacent to an activating group) is 1. The molecule has 1 heterocycles. The van der Waals surface area contributed by atoms with Crippen molar-refractivity contribution in [2.24, 2.45) is 0 Å². The van der Waals surface area contributed by atoms with Gasteiger partial charge in [-0.3, -0.25) is 4.79 Å². The molecule has 32 heavy (non-hydrogen) atoms. The molecule has 1 atom stereocenters. The fourth-order valence-electron chi connectivity index (χ4n) is 4.89. The molecule has 172 valence electrons. The quantitative estimate of drug-likeness (QED) is 0.633. The molecule has 2 aromatic rings. The Kier molecular flexibility index (Phi) is 6.89. The third-order valence-corrected chi connectivity index (χ3v) is 6.86. The van der Waals surface area contributed by atoms with Gasteiger partial charge >= 0.3 is 0 Å². The van der Waals surface area contributed by atoms with Crippen LogP contribution in [0.4, 0.5) is 0 Å². The van der Waals surface area contributed by atoms with E-state index in [0.29, 0.717) is 12.3 Å². The average Bonchev–Trinajstić information content (AvgIpc) is 3.02. The highest BCUT2D eigenvalue weighted by Gasteiger charge is 2.29. The predicted molar refractivity (Wildman–Crippen MR) is 125 cm³/mol. The van der Waals surface area contributed by atoms with E-state index < -0.39 is 0 Å². The smallest absolute Gasteiger partial charge is 0.223 e. The van der Waals surface area contributed by atoms with Gasteiger partial charge < -0.3 is 24.0 Å². The second-order valence-corrected chi connectivity index (χ2v) is 8.83. The highest BCUT2D eigenvalue weighted by molar-refractivity contribution is 5.76. The van der Waals surface area contributed by atoms with Crippen LogP contribution in [0.5, 0.6) is 17.2 Å². The van der Waals surface area contributed by atoms with E-state index in [4.69, 9.17) is 14.2 Å². The Balaban J connectivity index is 1.27. The van der Waals surface area contributed by atoms with Crippen LogP contribution in [-0.4, -0.2) is 70.3 Å². The largest absolute Gasteiger partial charge is 0.497 e. The zero-order chi connectivity index (χ0) is 22.7. The molecule has 2 aromatic carbocycles. The van der Waals surface area contributed by atoms with Gasteiger partial charge in [0.05, 0.1) is 21.3 Å². The van der Waals surface area contributed by atoms with Crippen molar-refractivity contribution in [2.45, 2.75) is 31.6 Å². The number of hydrogen-bond acceptors (Lipinski definition) is 5. The first kappa shape index (κ1) is 22.5. The first-order valence-electron chi connectivity index (χ1n) is 11.4. The first-order valence-corrected chi connectivity index (χ1v) is 11.4. The van der Waals surface area contributed by atoms with E-state index in [2.05, 4.69) is 36.2 Å². The van der Waals surface area contributed by atoms with Gasteiger partial charge in [0.25, 0.3) is 0 Å². The summed E-state index contributed by atoms with van der Waals surface area (Å²) in [6.45, 7) is 3.29. The summed E-state index contributed by atoms with van der Waals surface area (Å²) in [6, 6.07) is 10.4. The van der Waals surface area contributed by atoms with Gasteiger partial charge in [0, 0.05) is 38.5 Å². The second-order valence-electron chi connectivity index (χ2n) is 8.83. The van der Waals surface area contributed by atoms with Crippen molar-refractivity contribution in [3.05, 3.63) is 52.6 Å². The number of nitrogens with zero attached hydrogens (tertiary/aromatic N) is 2. The fraction of sp³-hybridized carbons (Fsp3) is 0.500. The number of ether oxygens (including phenoxy) is 3. The van der Waals surface area contributed by atoms with Crippen molar-refractivity contribution in [3.8, 4) is 17.2 Å². The third kappa shape index (κ3) is 4.70. The van der Waals surface area contributed by atoms with Gasteiger partial charge in [-0.05, 0) is 72.8 Å². The summed E-state index contributed by atoms with van der Waals surface area (Å²) in [4.78, 5) is 17.2. The summed E-state index contributed by atoms with van der Waals surface area (Å²) < 4.78 is 16.2. The molecule has 0 aromatic heterocycles. The molecule has 1 aliphatic heterocycles. The van der Waals surface area contributed by atoms with Crippen LogP contribution < -0.4 is 14.2 Å². The van der Waals surface area contributed by atoms with Crippen LogP contribution in [0, 0.1) is 0 Å². The molecule has 1 amide bonds. The molecule has 0 bridgehead atoms. The van der Waals surface area contributed by atoms with Crippen LogP contribution >= 0.6 is 0 Å². The lowest BCUT2D eigenvalue weighted by molar-refractivity contribution is -0.131. The van der Waals surface area contributed by atoms with E-state index in [9.17, 15) is 4.79 Å². The SMILES string of the molecule is COc1ccc2c(c1)CCN(C(=O)CCN(C)C[C@@H]1Cc3cc(OC)c(OC)cc31)CC2. The number of carbonyl (C=O) groups excluding carboxylic acids is 1. The van der Waals surface area contributed by atoms with Gasteiger partial charge in [0.15, 0.2) is 11.5 Å². The van der Waals surface area contributed by atoms with Gasteiger partial charge in [-0.25, -0.2) is 0 Å². The number of amides is 1. The Morgan fingerprint density at radius 3 is 2.41 bits per heavy atom. The van der Waals surface area contributed by atoms with Gasteiger partial charge in [0.1, 0.15) is 5.75 Å². The van der Waals surface area contributed by atoms with Gasteiger partial charge in [-0.1, -0.05) is 6.07 Å². The molecule has 0 spiro atoms. The molecule has 2 aliphatic rings. The zero-order valence-electron chi connectivity index (χ0n) is 19.6. The Bertz CT molecular complexity index is 975. The number of methoxy groups -OCH3 is 3. The van der Waals surface area contributed by atoms with Crippen LogP contribution in [0.25, 0.3) is 0 Å². The van der Waals surface area contributed by atoms with Gasteiger partial charge in [-0.15, -0.1) is 0 Å². The molecular formula is C26H34N2O4. The molecule has 4 rings (SSSR count).